The summed E-state index contributed by atoms with van der Waals surface area (Å²) in [5, 5.41) is 41.8. The molecule has 0 aromatic rings. The van der Waals surface area contributed by atoms with Crippen LogP contribution in [0.5, 0.6) is 0 Å². The highest BCUT2D eigenvalue weighted by Crippen LogP contribution is 2.24. The van der Waals surface area contributed by atoms with Crippen LogP contribution in [-0.2, 0) is 9.59 Å². The van der Waals surface area contributed by atoms with E-state index in [2.05, 4.69) is 0 Å². The molecule has 2 atom stereocenters. The van der Waals surface area contributed by atoms with E-state index in [0.717, 1.165) is 6.42 Å². The molecule has 0 fully saturated rings. The number of aliphatic hydroxyl groups excluding tert-OH is 3. The number of allylic oxidation sites excluding steroid dienone is 1. The van der Waals surface area contributed by atoms with E-state index in [9.17, 15) is 9.59 Å². The maximum absolute atomic E-state index is 11.0. The quantitative estimate of drug-likeness (QED) is 0.398. The van der Waals surface area contributed by atoms with Gasteiger partial charge in [0.05, 0.1) is 19.1 Å². The Morgan fingerprint density at radius 3 is 1.82 bits per heavy atom. The molecule has 2 unspecified atom stereocenters. The van der Waals surface area contributed by atoms with Gasteiger partial charge in [0.2, 0.25) is 0 Å². The van der Waals surface area contributed by atoms with Crippen LogP contribution in [-0.4, -0.2) is 56.8 Å². The standard InChI is InChI=1S/C12H20O4.C3H8O3/c1-4-6-9(7-8(3)11(13)14)10(5-2)12(15)16;4-1-3(6)2-5/h7,9-10H,4-6H2,1-3H3,(H,13,14)(H,15,16);3-6H,1-2H2. The number of aliphatic carboxylic acids is 2. The van der Waals surface area contributed by atoms with E-state index in [0.29, 0.717) is 12.8 Å². The molecule has 0 bridgehead atoms. The number of rotatable bonds is 9. The van der Waals surface area contributed by atoms with Crippen molar-refractivity contribution >= 4 is 11.9 Å². The fourth-order valence-electron chi connectivity index (χ4n) is 1.84. The summed E-state index contributed by atoms with van der Waals surface area (Å²) >= 11 is 0. The molecule has 7 heteroatoms. The minimum atomic E-state index is -0.985. The molecule has 0 aliphatic carbocycles. The molecule has 5 N–H and O–H groups in total. The number of carboxylic acids is 2. The number of carbonyl (C=O) groups is 2. The average molecular weight is 320 g/mol. The molecule has 0 aliphatic rings. The fraction of sp³-hybridized carbons (Fsp3) is 0.733. The molecule has 0 aliphatic heterocycles. The van der Waals surface area contributed by atoms with Gasteiger partial charge in [-0.1, -0.05) is 26.3 Å². The van der Waals surface area contributed by atoms with Gasteiger partial charge in [-0.25, -0.2) is 4.79 Å². The first-order valence-corrected chi connectivity index (χ1v) is 7.29. The van der Waals surface area contributed by atoms with E-state index in [1.165, 1.54) is 6.92 Å². The lowest BCUT2D eigenvalue weighted by molar-refractivity contribution is -0.143. The average Bonchev–Trinajstić information content (AvgIpc) is 2.47. The number of carboxylic acid groups (broad SMARTS) is 2. The smallest absolute Gasteiger partial charge is 0.330 e. The van der Waals surface area contributed by atoms with Gasteiger partial charge in [-0.3, -0.25) is 4.79 Å². The SMILES string of the molecule is CCCC(C=C(C)C(=O)O)C(CC)C(=O)O.OCC(O)CO. The molecule has 0 amide bonds. The van der Waals surface area contributed by atoms with Gasteiger partial charge in [0.1, 0.15) is 6.10 Å². The highest BCUT2D eigenvalue weighted by atomic mass is 16.4. The first-order chi connectivity index (χ1) is 10.2. The lowest BCUT2D eigenvalue weighted by atomic mass is 9.85. The zero-order valence-corrected chi connectivity index (χ0v) is 13.4. The Morgan fingerprint density at radius 1 is 1.09 bits per heavy atom. The van der Waals surface area contributed by atoms with Crippen LogP contribution in [0.25, 0.3) is 0 Å². The molecular weight excluding hydrogens is 292 g/mol. The molecule has 0 radical (unpaired) electrons. The van der Waals surface area contributed by atoms with Crippen LogP contribution in [0.2, 0.25) is 0 Å². The molecule has 0 saturated carbocycles. The van der Waals surface area contributed by atoms with E-state index >= 15 is 0 Å². The van der Waals surface area contributed by atoms with Crippen LogP contribution < -0.4 is 0 Å². The molecule has 0 saturated heterocycles. The highest BCUT2D eigenvalue weighted by molar-refractivity contribution is 5.86. The van der Waals surface area contributed by atoms with Crippen LogP contribution in [0.15, 0.2) is 11.6 Å². The Hall–Kier alpha value is -1.44. The van der Waals surface area contributed by atoms with Crippen molar-refractivity contribution in [2.75, 3.05) is 13.2 Å². The van der Waals surface area contributed by atoms with Gasteiger partial charge in [0, 0.05) is 5.57 Å². The summed E-state index contributed by atoms with van der Waals surface area (Å²) in [5.41, 5.74) is 0.221. The summed E-state index contributed by atoms with van der Waals surface area (Å²) in [4.78, 5) is 21.7. The van der Waals surface area contributed by atoms with E-state index in [1.54, 1.807) is 6.08 Å². The minimum Gasteiger partial charge on any atom is -0.481 e. The zero-order valence-electron chi connectivity index (χ0n) is 13.4. The topological polar surface area (TPSA) is 135 Å². The monoisotopic (exact) mass is 320 g/mol. The second kappa shape index (κ2) is 13.2. The number of hydrogen-bond acceptors (Lipinski definition) is 5. The van der Waals surface area contributed by atoms with Gasteiger partial charge in [0.25, 0.3) is 0 Å². The van der Waals surface area contributed by atoms with E-state index in [1.807, 2.05) is 13.8 Å². The van der Waals surface area contributed by atoms with Crippen LogP contribution in [0, 0.1) is 11.8 Å². The van der Waals surface area contributed by atoms with Crippen LogP contribution in [0.3, 0.4) is 0 Å². The molecule has 0 spiro atoms. The summed E-state index contributed by atoms with van der Waals surface area (Å²) in [6.07, 6.45) is 2.69. The predicted molar refractivity (Wildman–Crippen MR) is 81.4 cm³/mol. The first-order valence-electron chi connectivity index (χ1n) is 7.29. The Balaban J connectivity index is 0. The third kappa shape index (κ3) is 10.3. The van der Waals surface area contributed by atoms with Crippen molar-refractivity contribution in [1.82, 2.24) is 0 Å². The van der Waals surface area contributed by atoms with Crippen molar-refractivity contribution in [3.8, 4) is 0 Å². The van der Waals surface area contributed by atoms with Crippen molar-refractivity contribution in [2.24, 2.45) is 11.8 Å². The number of aliphatic hydroxyl groups is 3. The normalized spacial score (nSPS) is 14.0. The van der Waals surface area contributed by atoms with Gasteiger partial charge in [-0.15, -0.1) is 0 Å². The summed E-state index contributed by atoms with van der Waals surface area (Å²) in [5.74, 6) is -2.52. The molecule has 22 heavy (non-hydrogen) atoms. The van der Waals surface area contributed by atoms with E-state index in [-0.39, 0.29) is 24.7 Å². The Labute approximate surface area is 130 Å². The van der Waals surface area contributed by atoms with Gasteiger partial charge in [-0.05, 0) is 25.7 Å². The zero-order chi connectivity index (χ0) is 17.7. The molecule has 130 valence electrons. The summed E-state index contributed by atoms with van der Waals surface area (Å²) in [6, 6.07) is 0. The number of hydrogen-bond donors (Lipinski definition) is 5. The third-order valence-corrected chi connectivity index (χ3v) is 3.12. The minimum absolute atomic E-state index is 0.191. The van der Waals surface area contributed by atoms with Crippen molar-refractivity contribution in [3.63, 3.8) is 0 Å². The van der Waals surface area contributed by atoms with Gasteiger partial charge in [0.15, 0.2) is 0 Å². The van der Waals surface area contributed by atoms with Gasteiger partial charge >= 0.3 is 11.9 Å². The molecule has 0 rings (SSSR count). The largest absolute Gasteiger partial charge is 0.481 e. The predicted octanol–water partition coefficient (Wildman–Crippen LogP) is 0.876. The summed E-state index contributed by atoms with van der Waals surface area (Å²) < 4.78 is 0. The Bertz CT molecular complexity index is 348. The molecule has 7 nitrogen and oxygen atoms in total. The van der Waals surface area contributed by atoms with Crippen LogP contribution >= 0.6 is 0 Å². The van der Waals surface area contributed by atoms with Crippen molar-refractivity contribution in [1.29, 1.82) is 0 Å². The molecule has 0 heterocycles. The van der Waals surface area contributed by atoms with Crippen molar-refractivity contribution < 1.29 is 35.1 Å². The molecular formula is C15H28O7. The maximum Gasteiger partial charge on any atom is 0.330 e. The van der Waals surface area contributed by atoms with E-state index in [4.69, 9.17) is 25.5 Å². The summed E-state index contributed by atoms with van der Waals surface area (Å²) in [7, 11) is 0. The van der Waals surface area contributed by atoms with Crippen molar-refractivity contribution in [3.05, 3.63) is 11.6 Å². The fourth-order valence-corrected chi connectivity index (χ4v) is 1.84. The molecule has 0 aromatic carbocycles. The third-order valence-electron chi connectivity index (χ3n) is 3.12. The lowest BCUT2D eigenvalue weighted by Gasteiger charge is -2.19. The highest BCUT2D eigenvalue weighted by Gasteiger charge is 2.24. The van der Waals surface area contributed by atoms with Crippen molar-refractivity contribution in [2.45, 2.75) is 46.1 Å². The lowest BCUT2D eigenvalue weighted by Crippen LogP contribution is -2.22. The second-order valence-corrected chi connectivity index (χ2v) is 4.98. The maximum atomic E-state index is 11.0. The van der Waals surface area contributed by atoms with E-state index < -0.39 is 24.0 Å². The summed E-state index contributed by atoms with van der Waals surface area (Å²) in [6.45, 7) is 4.55. The van der Waals surface area contributed by atoms with Crippen LogP contribution in [0.1, 0.15) is 40.0 Å². The molecule has 0 aromatic heterocycles. The second-order valence-electron chi connectivity index (χ2n) is 4.98. The Kier molecular flexibility index (Phi) is 13.7. The van der Waals surface area contributed by atoms with Gasteiger partial charge < -0.3 is 25.5 Å². The first kappa shape index (κ1) is 22.8. The van der Waals surface area contributed by atoms with Crippen LogP contribution in [0.4, 0.5) is 0 Å². The van der Waals surface area contributed by atoms with Gasteiger partial charge in [-0.2, -0.15) is 0 Å². The Morgan fingerprint density at radius 2 is 1.59 bits per heavy atom.